The monoisotopic (exact) mass is 466 g/mol. The van der Waals surface area contributed by atoms with Crippen LogP contribution in [0.15, 0.2) is 84.9 Å². The van der Waals surface area contributed by atoms with E-state index in [2.05, 4.69) is 12.1 Å². The predicted molar refractivity (Wildman–Crippen MR) is 132 cm³/mol. The molecule has 5 aromatic rings. The Balaban J connectivity index is 2.02. The molecular formula is C26H14Cl4. The van der Waals surface area contributed by atoms with E-state index >= 15 is 0 Å². The van der Waals surface area contributed by atoms with E-state index in [1.165, 1.54) is 0 Å². The Labute approximate surface area is 194 Å². The first kappa shape index (κ1) is 19.7. The van der Waals surface area contributed by atoms with Gasteiger partial charge in [-0.3, -0.25) is 0 Å². The number of halogens is 4. The minimum atomic E-state index is 0.685. The predicted octanol–water partition coefficient (Wildman–Crippen LogP) is 9.94. The van der Waals surface area contributed by atoms with Crippen LogP contribution >= 0.6 is 46.4 Å². The van der Waals surface area contributed by atoms with Gasteiger partial charge in [0.25, 0.3) is 0 Å². The molecule has 0 aliphatic heterocycles. The Morgan fingerprint density at radius 3 is 1.03 bits per heavy atom. The molecule has 0 amide bonds. The summed E-state index contributed by atoms with van der Waals surface area (Å²) in [6, 6.07) is 27.8. The van der Waals surface area contributed by atoms with Gasteiger partial charge in [0.15, 0.2) is 0 Å². The van der Waals surface area contributed by atoms with Gasteiger partial charge in [-0.05, 0) is 92.3 Å². The smallest absolute Gasteiger partial charge is 0.0412 e. The summed E-state index contributed by atoms with van der Waals surface area (Å²) in [5, 5.41) is 7.08. The zero-order valence-electron chi connectivity index (χ0n) is 15.6. The van der Waals surface area contributed by atoms with Gasteiger partial charge >= 0.3 is 0 Å². The molecule has 146 valence electrons. The summed E-state index contributed by atoms with van der Waals surface area (Å²) in [5.74, 6) is 0. The lowest BCUT2D eigenvalue weighted by atomic mass is 9.85. The summed E-state index contributed by atoms with van der Waals surface area (Å²) >= 11 is 25.1. The molecule has 0 aliphatic rings. The maximum atomic E-state index is 6.39. The Morgan fingerprint density at radius 2 is 0.667 bits per heavy atom. The fraction of sp³-hybridized carbons (Fsp3) is 0. The highest BCUT2D eigenvalue weighted by atomic mass is 35.5. The van der Waals surface area contributed by atoms with E-state index < -0.39 is 0 Å². The number of fused-ring (bicyclic) bond motifs is 3. The molecule has 0 spiro atoms. The molecule has 0 nitrogen and oxygen atoms in total. The van der Waals surface area contributed by atoms with Crippen molar-refractivity contribution >= 4 is 67.9 Å². The molecule has 0 heterocycles. The van der Waals surface area contributed by atoms with E-state index in [1.807, 2.05) is 72.8 Å². The van der Waals surface area contributed by atoms with Crippen molar-refractivity contribution in [1.82, 2.24) is 0 Å². The molecule has 5 aromatic carbocycles. The summed E-state index contributed by atoms with van der Waals surface area (Å²) in [7, 11) is 0. The Kier molecular flexibility index (Phi) is 5.13. The van der Waals surface area contributed by atoms with Crippen LogP contribution in [-0.4, -0.2) is 0 Å². The molecule has 0 saturated heterocycles. The molecule has 0 aliphatic carbocycles. The molecule has 0 radical (unpaired) electrons. The van der Waals surface area contributed by atoms with Gasteiger partial charge in [0.1, 0.15) is 0 Å². The van der Waals surface area contributed by atoms with Crippen molar-refractivity contribution in [3.05, 3.63) is 105 Å². The average molecular weight is 468 g/mol. The third kappa shape index (κ3) is 3.45. The van der Waals surface area contributed by atoms with Crippen molar-refractivity contribution in [2.45, 2.75) is 0 Å². The van der Waals surface area contributed by atoms with Crippen LogP contribution in [-0.2, 0) is 0 Å². The van der Waals surface area contributed by atoms with Gasteiger partial charge < -0.3 is 0 Å². The van der Waals surface area contributed by atoms with Crippen molar-refractivity contribution in [2.24, 2.45) is 0 Å². The van der Waals surface area contributed by atoms with Gasteiger partial charge in [-0.25, -0.2) is 0 Å². The van der Waals surface area contributed by atoms with Gasteiger partial charge in [0, 0.05) is 20.1 Å². The zero-order valence-corrected chi connectivity index (χ0v) is 18.6. The van der Waals surface area contributed by atoms with Crippen molar-refractivity contribution in [3.63, 3.8) is 0 Å². The molecule has 0 bridgehead atoms. The minimum Gasteiger partial charge on any atom is -0.0843 e. The van der Waals surface area contributed by atoms with Crippen LogP contribution in [0.1, 0.15) is 0 Å². The molecule has 5 rings (SSSR count). The fourth-order valence-corrected chi connectivity index (χ4v) is 4.61. The van der Waals surface area contributed by atoms with Gasteiger partial charge in [-0.2, -0.15) is 0 Å². The van der Waals surface area contributed by atoms with Crippen LogP contribution in [0, 0.1) is 0 Å². The second-order valence-electron chi connectivity index (χ2n) is 7.14. The first-order valence-electron chi connectivity index (χ1n) is 9.37. The first-order valence-corrected chi connectivity index (χ1v) is 10.9. The van der Waals surface area contributed by atoms with Crippen molar-refractivity contribution < 1.29 is 0 Å². The molecule has 0 fully saturated rings. The quantitative estimate of drug-likeness (QED) is 0.226. The van der Waals surface area contributed by atoms with Gasteiger partial charge in [-0.1, -0.05) is 82.8 Å². The summed E-state index contributed by atoms with van der Waals surface area (Å²) in [5.41, 5.74) is 4.40. The maximum Gasteiger partial charge on any atom is 0.0412 e. The lowest BCUT2D eigenvalue weighted by molar-refractivity contribution is 1.62. The molecular weight excluding hydrogens is 454 g/mol. The maximum absolute atomic E-state index is 6.39. The average Bonchev–Trinajstić information content (AvgIpc) is 2.74. The van der Waals surface area contributed by atoms with Crippen molar-refractivity contribution in [1.29, 1.82) is 0 Å². The highest BCUT2D eigenvalue weighted by Crippen LogP contribution is 2.45. The number of benzene rings is 5. The van der Waals surface area contributed by atoms with E-state index in [-0.39, 0.29) is 0 Å². The van der Waals surface area contributed by atoms with Crippen LogP contribution in [0.5, 0.6) is 0 Å². The minimum absolute atomic E-state index is 0.685. The molecule has 0 saturated carbocycles. The Hall–Kier alpha value is -2.22. The van der Waals surface area contributed by atoms with Crippen LogP contribution in [0.4, 0.5) is 0 Å². The summed E-state index contributed by atoms with van der Waals surface area (Å²) in [6.45, 7) is 0. The Morgan fingerprint density at radius 1 is 0.333 bits per heavy atom. The normalized spacial score (nSPS) is 11.3. The van der Waals surface area contributed by atoms with Crippen LogP contribution in [0.2, 0.25) is 20.1 Å². The third-order valence-electron chi connectivity index (χ3n) is 5.31. The molecule has 30 heavy (non-hydrogen) atoms. The topological polar surface area (TPSA) is 0 Å². The van der Waals surface area contributed by atoms with Crippen molar-refractivity contribution in [2.75, 3.05) is 0 Å². The van der Waals surface area contributed by atoms with Gasteiger partial charge in [0.05, 0.1) is 0 Å². The third-order valence-corrected chi connectivity index (χ3v) is 6.28. The summed E-state index contributed by atoms with van der Waals surface area (Å²) < 4.78 is 0. The Bertz CT molecular complexity index is 1290. The zero-order chi connectivity index (χ0) is 20.8. The first-order chi connectivity index (χ1) is 14.5. The second-order valence-corrected chi connectivity index (χ2v) is 8.89. The standard InChI is InChI=1S/C26H14Cl4/c27-17-5-1-15(2-6-17)25-21-11-9-19(29)13-23(21)24-14-20(30)10-12-22(24)26(25)16-3-7-18(28)8-4-16/h1-14H. The van der Waals surface area contributed by atoms with Gasteiger partial charge in [0.2, 0.25) is 0 Å². The lowest BCUT2D eigenvalue weighted by Gasteiger charge is -2.19. The molecule has 0 N–H and O–H groups in total. The largest absolute Gasteiger partial charge is 0.0843 e. The van der Waals surface area contributed by atoms with E-state index in [4.69, 9.17) is 46.4 Å². The van der Waals surface area contributed by atoms with E-state index in [0.717, 1.165) is 43.8 Å². The second kappa shape index (κ2) is 7.80. The van der Waals surface area contributed by atoms with Crippen LogP contribution in [0.25, 0.3) is 43.8 Å². The van der Waals surface area contributed by atoms with E-state index in [0.29, 0.717) is 20.1 Å². The highest BCUT2D eigenvalue weighted by Gasteiger charge is 2.18. The highest BCUT2D eigenvalue weighted by molar-refractivity contribution is 6.35. The SMILES string of the molecule is Clc1ccc(-c2c(-c3ccc(Cl)cc3)c3ccc(Cl)cc3c3cc(Cl)ccc23)cc1. The number of hydrogen-bond donors (Lipinski definition) is 0. The fourth-order valence-electron chi connectivity index (χ4n) is 4.02. The van der Waals surface area contributed by atoms with E-state index in [1.54, 1.807) is 0 Å². The van der Waals surface area contributed by atoms with Crippen molar-refractivity contribution in [3.8, 4) is 22.3 Å². The molecule has 0 unspecified atom stereocenters. The number of hydrogen-bond acceptors (Lipinski definition) is 0. The summed E-state index contributed by atoms with van der Waals surface area (Å²) in [6.07, 6.45) is 0. The van der Waals surface area contributed by atoms with Crippen LogP contribution in [0.3, 0.4) is 0 Å². The van der Waals surface area contributed by atoms with Gasteiger partial charge in [-0.15, -0.1) is 0 Å². The molecule has 0 aromatic heterocycles. The lowest BCUT2D eigenvalue weighted by Crippen LogP contribution is -1.92. The number of rotatable bonds is 2. The molecule has 0 atom stereocenters. The van der Waals surface area contributed by atoms with Crippen LogP contribution < -0.4 is 0 Å². The van der Waals surface area contributed by atoms with E-state index in [9.17, 15) is 0 Å². The molecule has 4 heteroatoms. The summed E-state index contributed by atoms with van der Waals surface area (Å²) in [4.78, 5) is 0.